The van der Waals surface area contributed by atoms with E-state index in [-0.39, 0.29) is 23.3 Å². The van der Waals surface area contributed by atoms with Gasteiger partial charge in [-0.1, -0.05) is 20.8 Å². The van der Waals surface area contributed by atoms with E-state index in [0.717, 1.165) is 18.4 Å². The van der Waals surface area contributed by atoms with Gasteiger partial charge in [0.15, 0.2) is 0 Å². The van der Waals surface area contributed by atoms with Gasteiger partial charge in [0.05, 0.1) is 0 Å². The molecule has 1 aromatic rings. The van der Waals surface area contributed by atoms with Crippen molar-refractivity contribution < 1.29 is 4.79 Å². The molecule has 2 N–H and O–H groups in total. The minimum Gasteiger partial charge on any atom is -0.341 e. The Labute approximate surface area is 127 Å². The van der Waals surface area contributed by atoms with Gasteiger partial charge in [-0.2, -0.15) is 0 Å². The molecule has 1 saturated carbocycles. The molecule has 4 nitrogen and oxygen atoms in total. The Balaban J connectivity index is 2.08. The van der Waals surface area contributed by atoms with E-state index < -0.39 is 0 Å². The third-order valence-corrected chi connectivity index (χ3v) is 5.35. The fourth-order valence-corrected chi connectivity index (χ4v) is 3.40. The minimum absolute atomic E-state index is 0.0543. The van der Waals surface area contributed by atoms with Crippen LogP contribution in [0, 0.1) is 17.3 Å². The Morgan fingerprint density at radius 2 is 2.00 bits per heavy atom. The number of pyridine rings is 1. The molecule has 1 aliphatic rings. The van der Waals surface area contributed by atoms with E-state index in [0.29, 0.717) is 12.5 Å². The summed E-state index contributed by atoms with van der Waals surface area (Å²) >= 11 is 0. The van der Waals surface area contributed by atoms with Crippen LogP contribution in [0.3, 0.4) is 0 Å². The second-order valence-electron chi connectivity index (χ2n) is 6.95. The Kier molecular flexibility index (Phi) is 4.67. The zero-order valence-electron chi connectivity index (χ0n) is 13.5. The number of carbonyl (C=O) groups excluding carboxylic acids is 1. The molecule has 1 heterocycles. The monoisotopic (exact) mass is 289 g/mol. The summed E-state index contributed by atoms with van der Waals surface area (Å²) in [5.74, 6) is 0.643. The first kappa shape index (κ1) is 16.0. The number of nitrogens with zero attached hydrogens (tertiary/aromatic N) is 2. The molecule has 0 radical (unpaired) electrons. The van der Waals surface area contributed by atoms with Crippen molar-refractivity contribution in [2.45, 2.75) is 46.2 Å². The molecule has 1 fully saturated rings. The maximum absolute atomic E-state index is 12.8. The number of carbonyl (C=O) groups is 1. The quantitative estimate of drug-likeness (QED) is 0.929. The highest BCUT2D eigenvalue weighted by Crippen LogP contribution is 2.45. The van der Waals surface area contributed by atoms with Gasteiger partial charge in [0.25, 0.3) is 0 Å². The molecule has 21 heavy (non-hydrogen) atoms. The SMILES string of the molecule is CC1C(N)CCC(C(=O)N(C)Cc2ccncc2)C1(C)C. The van der Waals surface area contributed by atoms with E-state index in [4.69, 9.17) is 5.73 Å². The van der Waals surface area contributed by atoms with Crippen molar-refractivity contribution in [1.29, 1.82) is 0 Å². The molecule has 3 atom stereocenters. The number of amides is 1. The van der Waals surface area contributed by atoms with Crippen molar-refractivity contribution >= 4 is 5.91 Å². The number of nitrogens with two attached hydrogens (primary N) is 1. The van der Waals surface area contributed by atoms with Crippen LogP contribution in [0.1, 0.15) is 39.2 Å². The molecular weight excluding hydrogens is 262 g/mol. The molecule has 2 rings (SSSR count). The smallest absolute Gasteiger partial charge is 0.226 e. The summed E-state index contributed by atoms with van der Waals surface area (Å²) in [5, 5.41) is 0. The van der Waals surface area contributed by atoms with Crippen LogP contribution in [0.4, 0.5) is 0 Å². The van der Waals surface area contributed by atoms with E-state index in [2.05, 4.69) is 25.8 Å². The predicted molar refractivity (Wildman–Crippen MR) is 84.4 cm³/mol. The highest BCUT2D eigenvalue weighted by atomic mass is 16.2. The van der Waals surface area contributed by atoms with Gasteiger partial charge >= 0.3 is 0 Å². The molecule has 3 unspecified atom stereocenters. The van der Waals surface area contributed by atoms with Gasteiger partial charge in [0, 0.05) is 37.9 Å². The summed E-state index contributed by atoms with van der Waals surface area (Å²) in [6.07, 6.45) is 5.35. The van der Waals surface area contributed by atoms with E-state index in [1.807, 2.05) is 24.1 Å². The minimum atomic E-state index is -0.0543. The van der Waals surface area contributed by atoms with Crippen LogP contribution in [0.25, 0.3) is 0 Å². The average molecular weight is 289 g/mol. The second-order valence-corrected chi connectivity index (χ2v) is 6.95. The Bertz CT molecular complexity index is 486. The third kappa shape index (κ3) is 3.26. The lowest BCUT2D eigenvalue weighted by atomic mass is 9.60. The van der Waals surface area contributed by atoms with E-state index in [1.54, 1.807) is 12.4 Å². The lowest BCUT2D eigenvalue weighted by Gasteiger charge is -2.47. The molecule has 0 bridgehead atoms. The third-order valence-electron chi connectivity index (χ3n) is 5.35. The van der Waals surface area contributed by atoms with Crippen LogP contribution in [-0.4, -0.2) is 28.9 Å². The number of hydrogen-bond donors (Lipinski definition) is 1. The zero-order chi connectivity index (χ0) is 15.6. The molecule has 0 saturated heterocycles. The highest BCUT2D eigenvalue weighted by Gasteiger charge is 2.45. The van der Waals surface area contributed by atoms with Crippen LogP contribution >= 0.6 is 0 Å². The molecule has 1 aliphatic carbocycles. The lowest BCUT2D eigenvalue weighted by Crippen LogP contribution is -2.51. The summed E-state index contributed by atoms with van der Waals surface area (Å²) < 4.78 is 0. The first-order valence-corrected chi connectivity index (χ1v) is 7.73. The van der Waals surface area contributed by atoms with Crippen molar-refractivity contribution in [3.05, 3.63) is 30.1 Å². The van der Waals surface area contributed by atoms with E-state index in [1.165, 1.54) is 0 Å². The van der Waals surface area contributed by atoms with E-state index >= 15 is 0 Å². The molecule has 4 heteroatoms. The largest absolute Gasteiger partial charge is 0.341 e. The number of aromatic nitrogens is 1. The fraction of sp³-hybridized carbons (Fsp3) is 0.647. The van der Waals surface area contributed by atoms with Gasteiger partial charge in [0.1, 0.15) is 0 Å². The second kappa shape index (κ2) is 6.14. The Hall–Kier alpha value is -1.42. The first-order valence-electron chi connectivity index (χ1n) is 7.73. The zero-order valence-corrected chi connectivity index (χ0v) is 13.5. The van der Waals surface area contributed by atoms with Crippen molar-refractivity contribution in [3.63, 3.8) is 0 Å². The first-order chi connectivity index (χ1) is 9.84. The van der Waals surface area contributed by atoms with Crippen molar-refractivity contribution in [3.8, 4) is 0 Å². The van der Waals surface area contributed by atoms with Crippen LogP contribution < -0.4 is 5.73 Å². The topological polar surface area (TPSA) is 59.2 Å². The summed E-state index contributed by atoms with van der Waals surface area (Å²) in [5.41, 5.74) is 7.24. The summed E-state index contributed by atoms with van der Waals surface area (Å²) in [6, 6.07) is 4.11. The molecule has 0 aliphatic heterocycles. The van der Waals surface area contributed by atoms with Gasteiger partial charge < -0.3 is 10.6 Å². The van der Waals surface area contributed by atoms with Crippen LogP contribution in [-0.2, 0) is 11.3 Å². The van der Waals surface area contributed by atoms with Gasteiger partial charge in [-0.3, -0.25) is 9.78 Å². The van der Waals surface area contributed by atoms with Gasteiger partial charge in [-0.25, -0.2) is 0 Å². The van der Waals surface area contributed by atoms with Crippen LogP contribution in [0.2, 0.25) is 0 Å². The molecular formula is C17H27N3O. The summed E-state index contributed by atoms with van der Waals surface area (Å²) in [6.45, 7) is 7.17. The number of rotatable bonds is 3. The Morgan fingerprint density at radius 3 is 2.62 bits per heavy atom. The average Bonchev–Trinajstić information content (AvgIpc) is 2.45. The van der Waals surface area contributed by atoms with Gasteiger partial charge in [0.2, 0.25) is 5.91 Å². The van der Waals surface area contributed by atoms with Crippen molar-refractivity contribution in [1.82, 2.24) is 9.88 Å². The molecule has 116 valence electrons. The molecule has 0 aromatic carbocycles. The molecule has 1 aromatic heterocycles. The van der Waals surface area contributed by atoms with Crippen LogP contribution in [0.5, 0.6) is 0 Å². The Morgan fingerprint density at radius 1 is 1.38 bits per heavy atom. The van der Waals surface area contributed by atoms with E-state index in [9.17, 15) is 4.79 Å². The standard InChI is InChI=1S/C17H27N3O/c1-12-15(18)6-5-14(17(12,2)3)16(21)20(4)11-13-7-9-19-10-8-13/h7-10,12,14-15H,5-6,11,18H2,1-4H3. The molecule has 1 amide bonds. The maximum Gasteiger partial charge on any atom is 0.226 e. The fourth-order valence-electron chi connectivity index (χ4n) is 3.40. The van der Waals surface area contributed by atoms with Crippen molar-refractivity contribution in [2.24, 2.45) is 23.0 Å². The molecule has 0 spiro atoms. The normalized spacial score (nSPS) is 28.1. The highest BCUT2D eigenvalue weighted by molar-refractivity contribution is 5.79. The summed E-state index contributed by atoms with van der Waals surface area (Å²) in [4.78, 5) is 18.7. The van der Waals surface area contributed by atoms with Gasteiger partial charge in [-0.15, -0.1) is 0 Å². The van der Waals surface area contributed by atoms with Crippen LogP contribution in [0.15, 0.2) is 24.5 Å². The van der Waals surface area contributed by atoms with Crippen molar-refractivity contribution in [2.75, 3.05) is 7.05 Å². The van der Waals surface area contributed by atoms with Gasteiger partial charge in [-0.05, 0) is 41.9 Å². The number of hydrogen-bond acceptors (Lipinski definition) is 3. The predicted octanol–water partition coefficient (Wildman–Crippen LogP) is 2.44. The lowest BCUT2D eigenvalue weighted by molar-refractivity contribution is -0.142. The summed E-state index contributed by atoms with van der Waals surface area (Å²) in [7, 11) is 1.89. The maximum atomic E-state index is 12.8.